The highest BCUT2D eigenvalue weighted by Crippen LogP contribution is 2.15. The third-order valence-electron chi connectivity index (χ3n) is 2.74. The lowest BCUT2D eigenvalue weighted by molar-refractivity contribution is 0.122. The van der Waals surface area contributed by atoms with Crippen LogP contribution in [0.2, 0.25) is 6.04 Å². The van der Waals surface area contributed by atoms with Gasteiger partial charge in [-0.15, -0.1) is 0 Å². The second-order valence-electron chi connectivity index (χ2n) is 3.57. The van der Waals surface area contributed by atoms with Gasteiger partial charge in [-0.2, -0.15) is 0 Å². The molecule has 1 rings (SSSR count). The molecule has 0 aliphatic carbocycles. The average Bonchev–Trinajstić information content (AvgIpc) is 2.71. The lowest BCUT2D eigenvalue weighted by atomic mass is 10.4. The van der Waals surface area contributed by atoms with Gasteiger partial charge in [-0.05, 0) is 13.3 Å². The maximum absolute atomic E-state index is 5.36. The minimum absolute atomic E-state index is 0.814. The Kier molecular flexibility index (Phi) is 5.13. The van der Waals surface area contributed by atoms with E-state index in [0.717, 1.165) is 24.8 Å². The van der Waals surface area contributed by atoms with Crippen molar-refractivity contribution in [3.63, 3.8) is 0 Å². The van der Waals surface area contributed by atoms with Crippen molar-refractivity contribution in [1.29, 1.82) is 0 Å². The number of aromatic nitrogens is 2. The summed E-state index contributed by atoms with van der Waals surface area (Å²) < 4.78 is 18.2. The lowest BCUT2D eigenvalue weighted by Gasteiger charge is -2.24. The Morgan fingerprint density at radius 1 is 1.25 bits per heavy atom. The summed E-state index contributed by atoms with van der Waals surface area (Å²) in [4.78, 5) is 4.17. The molecule has 0 fully saturated rings. The highest BCUT2D eigenvalue weighted by atomic mass is 28.4. The van der Waals surface area contributed by atoms with Crippen molar-refractivity contribution in [2.24, 2.45) is 0 Å². The summed E-state index contributed by atoms with van der Waals surface area (Å²) in [5.74, 6) is 1.03. The second-order valence-corrected chi connectivity index (χ2v) is 6.66. The van der Waals surface area contributed by atoms with Crippen LogP contribution in [0.1, 0.15) is 12.2 Å². The molecule has 0 saturated heterocycles. The molecular formula is C10H20N2O3Si. The van der Waals surface area contributed by atoms with Crippen LogP contribution < -0.4 is 0 Å². The number of hydrogen-bond acceptors (Lipinski definition) is 4. The quantitative estimate of drug-likeness (QED) is 0.681. The van der Waals surface area contributed by atoms with Crippen molar-refractivity contribution in [2.45, 2.75) is 25.9 Å². The van der Waals surface area contributed by atoms with Gasteiger partial charge in [-0.25, -0.2) is 4.98 Å². The molecule has 0 amide bonds. The first kappa shape index (κ1) is 13.4. The molecule has 1 aromatic rings. The normalized spacial score (nSPS) is 12.0. The van der Waals surface area contributed by atoms with Crippen molar-refractivity contribution < 1.29 is 13.3 Å². The molecule has 0 radical (unpaired) electrons. The molecule has 0 unspecified atom stereocenters. The third kappa shape index (κ3) is 3.15. The van der Waals surface area contributed by atoms with Crippen LogP contribution in [0.3, 0.4) is 0 Å². The standard InChI is InChI=1S/C10H20N2O3Si/c1-10-11-6-8-12(10)7-5-9-16(13-2,14-3)15-4/h6,8H,5,7,9H2,1-4H3. The molecule has 0 aliphatic heterocycles. The first-order valence-corrected chi connectivity index (χ1v) is 7.24. The minimum Gasteiger partial charge on any atom is -0.377 e. The second kappa shape index (κ2) is 6.14. The molecule has 0 saturated carbocycles. The molecule has 0 atom stereocenters. The van der Waals surface area contributed by atoms with E-state index in [1.54, 1.807) is 21.3 Å². The van der Waals surface area contributed by atoms with Crippen molar-refractivity contribution >= 4 is 8.80 Å². The first-order valence-electron chi connectivity index (χ1n) is 5.30. The van der Waals surface area contributed by atoms with Crippen LogP contribution in [0.5, 0.6) is 0 Å². The monoisotopic (exact) mass is 244 g/mol. The summed E-state index contributed by atoms with van der Waals surface area (Å²) in [5, 5.41) is 0. The van der Waals surface area contributed by atoms with E-state index >= 15 is 0 Å². The van der Waals surface area contributed by atoms with E-state index in [4.69, 9.17) is 13.3 Å². The molecule has 0 bridgehead atoms. The van der Waals surface area contributed by atoms with Crippen molar-refractivity contribution in [3.8, 4) is 0 Å². The van der Waals surface area contributed by atoms with Gasteiger partial charge in [-0.1, -0.05) is 0 Å². The largest absolute Gasteiger partial charge is 0.500 e. The fourth-order valence-electron chi connectivity index (χ4n) is 1.66. The highest BCUT2D eigenvalue weighted by Gasteiger charge is 2.36. The number of rotatable bonds is 7. The maximum Gasteiger partial charge on any atom is 0.500 e. The third-order valence-corrected chi connectivity index (χ3v) is 5.57. The highest BCUT2D eigenvalue weighted by molar-refractivity contribution is 6.60. The Morgan fingerprint density at radius 2 is 1.88 bits per heavy atom. The Balaban J connectivity index is 2.42. The van der Waals surface area contributed by atoms with Gasteiger partial charge in [0.15, 0.2) is 0 Å². The Labute approximate surface area is 97.7 Å². The van der Waals surface area contributed by atoms with Gasteiger partial charge in [0.05, 0.1) is 0 Å². The summed E-state index contributed by atoms with van der Waals surface area (Å²) in [6.45, 7) is 2.91. The van der Waals surface area contributed by atoms with Crippen LogP contribution in [0.15, 0.2) is 12.4 Å². The van der Waals surface area contributed by atoms with Gasteiger partial charge < -0.3 is 17.8 Å². The van der Waals surface area contributed by atoms with Crippen LogP contribution in [0.25, 0.3) is 0 Å². The van der Waals surface area contributed by atoms with Crippen molar-refractivity contribution in [3.05, 3.63) is 18.2 Å². The molecule has 5 nitrogen and oxygen atoms in total. The Morgan fingerprint density at radius 3 is 2.31 bits per heavy atom. The van der Waals surface area contributed by atoms with E-state index in [2.05, 4.69) is 9.55 Å². The molecule has 92 valence electrons. The molecular weight excluding hydrogens is 224 g/mol. The number of aryl methyl sites for hydroxylation is 2. The summed E-state index contributed by atoms with van der Waals surface area (Å²) in [6.07, 6.45) is 4.74. The number of nitrogens with zero attached hydrogens (tertiary/aromatic N) is 2. The smallest absolute Gasteiger partial charge is 0.377 e. The summed E-state index contributed by atoms with van der Waals surface area (Å²) in [6, 6.07) is 0.814. The van der Waals surface area contributed by atoms with Gasteiger partial charge in [0, 0.05) is 46.3 Å². The summed E-state index contributed by atoms with van der Waals surface area (Å²) in [5.41, 5.74) is 0. The maximum atomic E-state index is 5.36. The molecule has 16 heavy (non-hydrogen) atoms. The van der Waals surface area contributed by atoms with Gasteiger partial charge in [0.25, 0.3) is 0 Å². The Hall–Kier alpha value is -0.693. The Bertz CT molecular complexity index is 305. The molecule has 0 N–H and O–H groups in total. The molecule has 1 heterocycles. The van der Waals surface area contributed by atoms with Gasteiger partial charge >= 0.3 is 8.80 Å². The lowest BCUT2D eigenvalue weighted by Crippen LogP contribution is -2.42. The van der Waals surface area contributed by atoms with E-state index in [9.17, 15) is 0 Å². The van der Waals surface area contributed by atoms with E-state index in [1.165, 1.54) is 0 Å². The zero-order valence-corrected chi connectivity index (χ0v) is 11.4. The number of imidazole rings is 1. The summed E-state index contributed by atoms with van der Waals surface area (Å²) in [7, 11) is 2.52. The van der Waals surface area contributed by atoms with Crippen LogP contribution in [0.4, 0.5) is 0 Å². The predicted molar refractivity (Wildman–Crippen MR) is 63.2 cm³/mol. The van der Waals surface area contributed by atoms with Gasteiger partial charge in [-0.3, -0.25) is 0 Å². The van der Waals surface area contributed by atoms with Crippen LogP contribution in [0, 0.1) is 6.92 Å². The molecule has 0 spiro atoms. The molecule has 1 aromatic heterocycles. The molecule has 6 heteroatoms. The number of hydrogen-bond donors (Lipinski definition) is 0. The minimum atomic E-state index is -2.40. The first-order chi connectivity index (χ1) is 7.67. The topological polar surface area (TPSA) is 45.5 Å². The van der Waals surface area contributed by atoms with E-state index in [1.807, 2.05) is 19.3 Å². The van der Waals surface area contributed by atoms with Crippen LogP contribution in [-0.4, -0.2) is 39.7 Å². The van der Waals surface area contributed by atoms with E-state index in [0.29, 0.717) is 0 Å². The van der Waals surface area contributed by atoms with Crippen molar-refractivity contribution in [2.75, 3.05) is 21.3 Å². The van der Waals surface area contributed by atoms with Crippen LogP contribution >= 0.6 is 0 Å². The SMILES string of the molecule is CO[Si](CCCn1ccnc1C)(OC)OC. The van der Waals surface area contributed by atoms with Crippen LogP contribution in [-0.2, 0) is 19.8 Å². The average molecular weight is 244 g/mol. The van der Waals surface area contributed by atoms with Gasteiger partial charge in [0.1, 0.15) is 5.82 Å². The fourth-order valence-corrected chi connectivity index (χ4v) is 3.37. The fraction of sp³-hybridized carbons (Fsp3) is 0.700. The molecule has 0 aliphatic rings. The zero-order valence-electron chi connectivity index (χ0n) is 10.4. The van der Waals surface area contributed by atoms with Crippen molar-refractivity contribution in [1.82, 2.24) is 9.55 Å². The zero-order chi connectivity index (χ0) is 12.0. The summed E-state index contributed by atoms with van der Waals surface area (Å²) >= 11 is 0. The molecule has 0 aromatic carbocycles. The predicted octanol–water partition coefficient (Wildman–Crippen LogP) is 1.46. The van der Waals surface area contributed by atoms with Gasteiger partial charge in [0.2, 0.25) is 0 Å². The van der Waals surface area contributed by atoms with E-state index in [-0.39, 0.29) is 0 Å². The van der Waals surface area contributed by atoms with E-state index < -0.39 is 8.80 Å².